The Hall–Kier alpha value is -0.580. The van der Waals surface area contributed by atoms with Crippen LogP contribution in [0.5, 0.6) is 0 Å². The van der Waals surface area contributed by atoms with E-state index in [0.717, 1.165) is 24.0 Å². The van der Waals surface area contributed by atoms with Crippen LogP contribution >= 0.6 is 15.9 Å². The molecule has 1 rings (SSSR count). The van der Waals surface area contributed by atoms with Crippen molar-refractivity contribution in [3.63, 3.8) is 0 Å². The number of rotatable bonds is 6. The molecule has 0 spiro atoms. The highest BCUT2D eigenvalue weighted by Gasteiger charge is 2.13. The zero-order chi connectivity index (χ0) is 15.3. The summed E-state index contributed by atoms with van der Waals surface area (Å²) in [6.07, 6.45) is 0.516. The Labute approximate surface area is 131 Å². The van der Waals surface area contributed by atoms with E-state index in [-0.39, 0.29) is 11.6 Å². The molecule has 0 aliphatic heterocycles. The van der Waals surface area contributed by atoms with Gasteiger partial charge in [0.1, 0.15) is 0 Å². The van der Waals surface area contributed by atoms with Crippen molar-refractivity contribution in [2.75, 3.05) is 18.5 Å². The number of benzene rings is 1. The molecule has 0 aromatic heterocycles. The van der Waals surface area contributed by atoms with Gasteiger partial charge in [-0.1, -0.05) is 15.9 Å². The molecule has 1 atom stereocenters. The lowest BCUT2D eigenvalue weighted by Gasteiger charge is -2.26. The zero-order valence-electron chi connectivity index (χ0n) is 13.2. The van der Waals surface area contributed by atoms with Crippen LogP contribution in [0.15, 0.2) is 22.7 Å². The molecule has 2 N–H and O–H groups in total. The largest absolute Gasteiger partial charge is 0.393 e. The third kappa shape index (κ3) is 6.25. The van der Waals surface area contributed by atoms with Gasteiger partial charge in [-0.15, -0.1) is 0 Å². The summed E-state index contributed by atoms with van der Waals surface area (Å²) in [5.41, 5.74) is 2.57. The average molecular weight is 343 g/mol. The molecule has 0 amide bonds. The summed E-state index contributed by atoms with van der Waals surface area (Å²) >= 11 is 3.54. The molecule has 4 heteroatoms. The fourth-order valence-corrected chi connectivity index (χ4v) is 2.34. The number of nitrogens with one attached hydrogen (secondary N) is 1. The molecule has 1 aromatic rings. The normalized spacial score (nSPS) is 13.3. The van der Waals surface area contributed by atoms with E-state index in [1.807, 2.05) is 6.92 Å². The van der Waals surface area contributed by atoms with Crippen molar-refractivity contribution in [1.29, 1.82) is 0 Å². The second kappa shape index (κ2) is 7.43. The molecule has 0 bridgehead atoms. The van der Waals surface area contributed by atoms with Crippen LogP contribution in [0.3, 0.4) is 0 Å². The van der Waals surface area contributed by atoms with Gasteiger partial charge in [-0.2, -0.15) is 0 Å². The standard InChI is InChI=1S/C16H27BrN2O/c1-12(20)8-9-19(5)15-7-6-14(17)10-13(15)11-18-16(2,3)4/h6-7,10,12,18,20H,8-9,11H2,1-5H3. The summed E-state index contributed by atoms with van der Waals surface area (Å²) in [6, 6.07) is 6.35. The Morgan fingerprint density at radius 1 is 1.35 bits per heavy atom. The van der Waals surface area contributed by atoms with Gasteiger partial charge in [0.05, 0.1) is 6.10 Å². The summed E-state index contributed by atoms with van der Waals surface area (Å²) in [5.74, 6) is 0. The van der Waals surface area contributed by atoms with Crippen LogP contribution in [0.1, 0.15) is 39.7 Å². The molecule has 0 radical (unpaired) electrons. The van der Waals surface area contributed by atoms with Crippen molar-refractivity contribution in [3.8, 4) is 0 Å². The zero-order valence-corrected chi connectivity index (χ0v) is 14.8. The summed E-state index contributed by atoms with van der Waals surface area (Å²) in [5, 5.41) is 13.0. The van der Waals surface area contributed by atoms with E-state index in [2.05, 4.69) is 72.2 Å². The highest BCUT2D eigenvalue weighted by atomic mass is 79.9. The number of anilines is 1. The first-order valence-corrected chi connectivity index (χ1v) is 7.91. The van der Waals surface area contributed by atoms with Crippen molar-refractivity contribution in [1.82, 2.24) is 5.32 Å². The van der Waals surface area contributed by atoms with E-state index >= 15 is 0 Å². The van der Waals surface area contributed by atoms with Crippen LogP contribution in [0, 0.1) is 0 Å². The van der Waals surface area contributed by atoms with Gasteiger partial charge in [0.2, 0.25) is 0 Å². The number of halogens is 1. The average Bonchev–Trinajstić information content (AvgIpc) is 2.32. The number of nitrogens with zero attached hydrogens (tertiary/aromatic N) is 1. The molecule has 0 heterocycles. The van der Waals surface area contributed by atoms with E-state index in [1.54, 1.807) is 0 Å². The van der Waals surface area contributed by atoms with Crippen LogP contribution < -0.4 is 10.2 Å². The summed E-state index contributed by atoms with van der Waals surface area (Å²) in [4.78, 5) is 2.21. The third-order valence-electron chi connectivity index (χ3n) is 3.14. The van der Waals surface area contributed by atoms with Crippen LogP contribution in [0.4, 0.5) is 5.69 Å². The van der Waals surface area contributed by atoms with Crippen LogP contribution in [-0.2, 0) is 6.54 Å². The molecular weight excluding hydrogens is 316 g/mol. The molecule has 3 nitrogen and oxygen atoms in total. The third-order valence-corrected chi connectivity index (χ3v) is 3.64. The quantitative estimate of drug-likeness (QED) is 0.829. The fourth-order valence-electron chi connectivity index (χ4n) is 1.93. The maximum atomic E-state index is 9.43. The summed E-state index contributed by atoms with van der Waals surface area (Å²) in [7, 11) is 2.08. The molecule has 0 aliphatic rings. The highest BCUT2D eigenvalue weighted by Crippen LogP contribution is 2.24. The summed E-state index contributed by atoms with van der Waals surface area (Å²) in [6.45, 7) is 10.0. The predicted octanol–water partition coefficient (Wildman–Crippen LogP) is 3.54. The van der Waals surface area contributed by atoms with Gasteiger partial charge < -0.3 is 15.3 Å². The van der Waals surface area contributed by atoms with Gasteiger partial charge >= 0.3 is 0 Å². The second-order valence-corrected chi connectivity index (χ2v) is 7.35. The Balaban J connectivity index is 2.83. The molecule has 114 valence electrons. The van der Waals surface area contributed by atoms with Crippen LogP contribution in [-0.4, -0.2) is 30.3 Å². The van der Waals surface area contributed by atoms with Crippen molar-refractivity contribution in [3.05, 3.63) is 28.2 Å². The minimum Gasteiger partial charge on any atom is -0.393 e. The van der Waals surface area contributed by atoms with Gasteiger partial charge in [-0.3, -0.25) is 0 Å². The Bertz CT molecular complexity index is 427. The maximum absolute atomic E-state index is 9.43. The lowest BCUT2D eigenvalue weighted by atomic mass is 10.1. The molecule has 0 saturated carbocycles. The van der Waals surface area contributed by atoms with Gasteiger partial charge in [-0.25, -0.2) is 0 Å². The van der Waals surface area contributed by atoms with Crippen LogP contribution in [0.2, 0.25) is 0 Å². The molecule has 0 fully saturated rings. The second-order valence-electron chi connectivity index (χ2n) is 6.44. The monoisotopic (exact) mass is 342 g/mol. The van der Waals surface area contributed by atoms with Gasteiger partial charge in [0.15, 0.2) is 0 Å². The van der Waals surface area contributed by atoms with Gasteiger partial charge in [-0.05, 0) is 57.9 Å². The van der Waals surface area contributed by atoms with E-state index < -0.39 is 0 Å². The highest BCUT2D eigenvalue weighted by molar-refractivity contribution is 9.10. The van der Waals surface area contributed by atoms with E-state index in [1.165, 1.54) is 11.3 Å². The first kappa shape index (κ1) is 17.5. The smallest absolute Gasteiger partial charge is 0.0528 e. The molecule has 0 saturated heterocycles. The minimum absolute atomic E-state index is 0.0950. The van der Waals surface area contributed by atoms with Gasteiger partial charge in [0, 0.05) is 35.8 Å². The lowest BCUT2D eigenvalue weighted by molar-refractivity contribution is 0.187. The van der Waals surface area contributed by atoms with Crippen molar-refractivity contribution in [2.45, 2.75) is 52.3 Å². The molecule has 1 unspecified atom stereocenters. The molecule has 20 heavy (non-hydrogen) atoms. The first-order chi connectivity index (χ1) is 9.19. The number of hydrogen-bond acceptors (Lipinski definition) is 3. The van der Waals surface area contributed by atoms with Crippen molar-refractivity contribution < 1.29 is 5.11 Å². The predicted molar refractivity (Wildman–Crippen MR) is 90.3 cm³/mol. The van der Waals surface area contributed by atoms with Crippen LogP contribution in [0.25, 0.3) is 0 Å². The topological polar surface area (TPSA) is 35.5 Å². The fraction of sp³-hybridized carbons (Fsp3) is 0.625. The number of hydrogen-bond donors (Lipinski definition) is 2. The molecule has 0 aliphatic carbocycles. The Kier molecular flexibility index (Phi) is 6.49. The minimum atomic E-state index is -0.260. The van der Waals surface area contributed by atoms with Crippen molar-refractivity contribution in [2.24, 2.45) is 0 Å². The maximum Gasteiger partial charge on any atom is 0.0528 e. The lowest BCUT2D eigenvalue weighted by Crippen LogP contribution is -2.35. The first-order valence-electron chi connectivity index (χ1n) is 7.11. The molecular formula is C16H27BrN2O. The van der Waals surface area contributed by atoms with Crippen molar-refractivity contribution >= 4 is 21.6 Å². The molecule has 1 aromatic carbocycles. The van der Waals surface area contributed by atoms with E-state index in [0.29, 0.717) is 0 Å². The Morgan fingerprint density at radius 2 is 2.00 bits per heavy atom. The summed E-state index contributed by atoms with van der Waals surface area (Å²) < 4.78 is 1.09. The Morgan fingerprint density at radius 3 is 2.55 bits per heavy atom. The van der Waals surface area contributed by atoms with E-state index in [4.69, 9.17) is 0 Å². The number of aliphatic hydroxyl groups excluding tert-OH is 1. The van der Waals surface area contributed by atoms with Gasteiger partial charge in [0.25, 0.3) is 0 Å². The van der Waals surface area contributed by atoms with E-state index in [9.17, 15) is 5.11 Å². The SMILES string of the molecule is CC(O)CCN(C)c1ccc(Br)cc1CNC(C)(C)C. The number of aliphatic hydroxyl groups is 1.